The van der Waals surface area contributed by atoms with Gasteiger partial charge >= 0.3 is 6.18 Å². The molecular formula is C12H15F4NO2. The molecule has 3 nitrogen and oxygen atoms in total. The van der Waals surface area contributed by atoms with Gasteiger partial charge in [0.1, 0.15) is 6.61 Å². The minimum absolute atomic E-state index is 0.0370. The maximum absolute atomic E-state index is 13.6. The molecule has 0 radical (unpaired) electrons. The van der Waals surface area contributed by atoms with Crippen molar-refractivity contribution >= 4 is 0 Å². The van der Waals surface area contributed by atoms with E-state index in [0.29, 0.717) is 5.56 Å². The van der Waals surface area contributed by atoms with Crippen molar-refractivity contribution in [3.8, 4) is 5.75 Å². The Kier molecular flexibility index (Phi) is 5.56. The molecule has 7 heteroatoms. The third-order valence-electron chi connectivity index (χ3n) is 2.45. The summed E-state index contributed by atoms with van der Waals surface area (Å²) in [6.07, 6.45) is -4.42. The zero-order valence-electron chi connectivity index (χ0n) is 10.6. The van der Waals surface area contributed by atoms with Gasteiger partial charge in [0.25, 0.3) is 0 Å². The highest BCUT2D eigenvalue weighted by molar-refractivity contribution is 5.30. The van der Waals surface area contributed by atoms with Crippen LogP contribution < -0.4 is 10.1 Å². The fourth-order valence-electron chi connectivity index (χ4n) is 1.33. The first-order valence-electron chi connectivity index (χ1n) is 5.57. The third-order valence-corrected chi connectivity index (χ3v) is 2.45. The van der Waals surface area contributed by atoms with Crippen molar-refractivity contribution in [2.45, 2.75) is 19.1 Å². The van der Waals surface area contributed by atoms with Gasteiger partial charge in [-0.25, -0.2) is 4.39 Å². The average Bonchev–Trinajstić information content (AvgIpc) is 2.33. The van der Waals surface area contributed by atoms with E-state index >= 15 is 0 Å². The molecule has 0 aliphatic heterocycles. The number of hydrogen-bond acceptors (Lipinski definition) is 3. The van der Waals surface area contributed by atoms with Crippen LogP contribution in [-0.2, 0) is 4.74 Å². The molecule has 0 aliphatic rings. The van der Waals surface area contributed by atoms with Gasteiger partial charge < -0.3 is 14.8 Å². The van der Waals surface area contributed by atoms with E-state index in [1.165, 1.54) is 12.1 Å². The summed E-state index contributed by atoms with van der Waals surface area (Å²) in [7, 11) is 1.73. The lowest BCUT2D eigenvalue weighted by Gasteiger charge is -2.13. The maximum Gasteiger partial charge on any atom is 0.411 e. The minimum Gasteiger partial charge on any atom is -0.464 e. The highest BCUT2D eigenvalue weighted by Gasteiger charge is 2.27. The second-order valence-corrected chi connectivity index (χ2v) is 3.93. The zero-order chi connectivity index (χ0) is 14.5. The normalized spacial score (nSPS) is 13.4. The zero-order valence-corrected chi connectivity index (χ0v) is 10.6. The topological polar surface area (TPSA) is 30.5 Å². The molecule has 0 saturated carbocycles. The number of benzene rings is 1. The predicted molar refractivity (Wildman–Crippen MR) is 61.4 cm³/mol. The fourth-order valence-corrected chi connectivity index (χ4v) is 1.33. The summed E-state index contributed by atoms with van der Waals surface area (Å²) in [5.41, 5.74) is 0.712. The highest BCUT2D eigenvalue weighted by atomic mass is 19.4. The first-order valence-corrected chi connectivity index (χ1v) is 5.57. The van der Waals surface area contributed by atoms with Crippen LogP contribution in [0.15, 0.2) is 18.2 Å². The number of alkyl halides is 3. The fraction of sp³-hybridized carbons (Fsp3) is 0.500. The van der Waals surface area contributed by atoms with E-state index < -0.39 is 25.4 Å². The van der Waals surface area contributed by atoms with E-state index in [0.717, 1.165) is 0 Å². The Morgan fingerprint density at radius 1 is 1.32 bits per heavy atom. The van der Waals surface area contributed by atoms with Crippen molar-refractivity contribution in [3.05, 3.63) is 29.6 Å². The van der Waals surface area contributed by atoms with Crippen LogP contribution in [0.4, 0.5) is 17.6 Å². The quantitative estimate of drug-likeness (QED) is 0.494. The molecule has 0 fully saturated rings. The second-order valence-electron chi connectivity index (χ2n) is 3.93. The van der Waals surface area contributed by atoms with Gasteiger partial charge in [-0.2, -0.15) is 13.2 Å². The predicted octanol–water partition coefficient (Wildman–Crippen LogP) is 3.02. The standard InChI is InChI=1S/C12H15F4NO2/c1-8(17-2)9-3-4-11(10(13)5-9)19-7-18-6-12(14,15)16/h3-5,8,17H,6-7H2,1-2H3. The Morgan fingerprint density at radius 2 is 2.00 bits per heavy atom. The Labute approximate surface area is 108 Å². The van der Waals surface area contributed by atoms with E-state index in [9.17, 15) is 17.6 Å². The summed E-state index contributed by atoms with van der Waals surface area (Å²) in [6.45, 7) is -0.234. The van der Waals surface area contributed by atoms with Crippen molar-refractivity contribution in [3.63, 3.8) is 0 Å². The molecule has 0 spiro atoms. The van der Waals surface area contributed by atoms with Crippen LogP contribution in [0.2, 0.25) is 0 Å². The largest absolute Gasteiger partial charge is 0.464 e. The van der Waals surface area contributed by atoms with Gasteiger partial charge in [-0.3, -0.25) is 0 Å². The summed E-state index contributed by atoms with van der Waals surface area (Å²) >= 11 is 0. The SMILES string of the molecule is CNC(C)c1ccc(OCOCC(F)(F)F)c(F)c1. The number of nitrogens with one attached hydrogen (secondary N) is 1. The second kappa shape index (κ2) is 6.72. The van der Waals surface area contributed by atoms with Crippen LogP contribution >= 0.6 is 0 Å². The molecule has 1 N–H and O–H groups in total. The first-order chi connectivity index (χ1) is 8.83. The Bertz CT molecular complexity index is 409. The summed E-state index contributed by atoms with van der Waals surface area (Å²) in [6, 6.07) is 4.21. The Morgan fingerprint density at radius 3 is 2.53 bits per heavy atom. The molecular weight excluding hydrogens is 266 g/mol. The van der Waals surface area contributed by atoms with Crippen molar-refractivity contribution in [2.24, 2.45) is 0 Å². The third kappa shape index (κ3) is 5.44. The van der Waals surface area contributed by atoms with Gasteiger partial charge in [-0.15, -0.1) is 0 Å². The van der Waals surface area contributed by atoms with Crippen LogP contribution in [0, 0.1) is 5.82 Å². The maximum atomic E-state index is 13.6. The summed E-state index contributed by atoms with van der Waals surface area (Å²) in [5.74, 6) is -0.788. The molecule has 1 aromatic carbocycles. The van der Waals surface area contributed by atoms with Gasteiger partial charge in [-0.05, 0) is 31.7 Å². The van der Waals surface area contributed by atoms with Crippen LogP contribution in [0.1, 0.15) is 18.5 Å². The van der Waals surface area contributed by atoms with Gasteiger partial charge in [0.15, 0.2) is 18.4 Å². The van der Waals surface area contributed by atoms with Crippen molar-refractivity contribution in [1.82, 2.24) is 5.32 Å². The molecule has 0 saturated heterocycles. The lowest BCUT2D eigenvalue weighted by molar-refractivity contribution is -0.187. The molecule has 1 unspecified atom stereocenters. The molecule has 19 heavy (non-hydrogen) atoms. The molecule has 0 heterocycles. The number of halogens is 4. The molecule has 0 aromatic heterocycles. The van der Waals surface area contributed by atoms with Crippen LogP contribution in [0.25, 0.3) is 0 Å². The lowest BCUT2D eigenvalue weighted by Crippen LogP contribution is -2.19. The molecule has 1 atom stereocenters. The summed E-state index contributed by atoms with van der Waals surface area (Å²) < 4.78 is 57.9. The Hall–Kier alpha value is -1.34. The molecule has 0 bridgehead atoms. The summed E-state index contributed by atoms with van der Waals surface area (Å²) in [5, 5.41) is 2.94. The number of hydrogen-bond donors (Lipinski definition) is 1. The smallest absolute Gasteiger partial charge is 0.411 e. The molecule has 0 aliphatic carbocycles. The first kappa shape index (κ1) is 15.7. The van der Waals surface area contributed by atoms with Gasteiger partial charge in [0.2, 0.25) is 0 Å². The van der Waals surface area contributed by atoms with Crippen molar-refractivity contribution in [1.29, 1.82) is 0 Å². The monoisotopic (exact) mass is 281 g/mol. The van der Waals surface area contributed by atoms with Crippen molar-refractivity contribution < 1.29 is 27.0 Å². The van der Waals surface area contributed by atoms with Gasteiger partial charge in [0, 0.05) is 6.04 Å². The number of rotatable bonds is 6. The molecule has 1 rings (SSSR count). The van der Waals surface area contributed by atoms with E-state index in [1.54, 1.807) is 13.1 Å². The number of ether oxygens (including phenoxy) is 2. The summed E-state index contributed by atoms with van der Waals surface area (Å²) in [4.78, 5) is 0. The van der Waals surface area contributed by atoms with Crippen LogP contribution in [0.3, 0.4) is 0 Å². The highest BCUT2D eigenvalue weighted by Crippen LogP contribution is 2.22. The van der Waals surface area contributed by atoms with Gasteiger partial charge in [-0.1, -0.05) is 6.07 Å². The average molecular weight is 281 g/mol. The molecule has 108 valence electrons. The van der Waals surface area contributed by atoms with Crippen LogP contribution in [-0.4, -0.2) is 26.6 Å². The van der Waals surface area contributed by atoms with Crippen LogP contribution in [0.5, 0.6) is 5.75 Å². The minimum atomic E-state index is -4.42. The molecule has 0 amide bonds. The molecule has 1 aromatic rings. The lowest BCUT2D eigenvalue weighted by atomic mass is 10.1. The van der Waals surface area contributed by atoms with E-state index in [-0.39, 0.29) is 11.8 Å². The van der Waals surface area contributed by atoms with Gasteiger partial charge in [0.05, 0.1) is 0 Å². The van der Waals surface area contributed by atoms with Crippen molar-refractivity contribution in [2.75, 3.05) is 20.4 Å². The van der Waals surface area contributed by atoms with E-state index in [1.807, 2.05) is 6.92 Å². The Balaban J connectivity index is 2.51. The van der Waals surface area contributed by atoms with E-state index in [4.69, 9.17) is 4.74 Å². The van der Waals surface area contributed by atoms with E-state index in [2.05, 4.69) is 10.1 Å².